The molecule has 0 aliphatic carbocycles. The molecule has 0 amide bonds. The van der Waals surface area contributed by atoms with Crippen LogP contribution >= 0.6 is 15.9 Å². The van der Waals surface area contributed by atoms with Crippen molar-refractivity contribution in [2.24, 2.45) is 5.73 Å². The molecule has 2 aromatic rings. The van der Waals surface area contributed by atoms with E-state index in [1.807, 2.05) is 6.07 Å². The third-order valence-electron chi connectivity index (χ3n) is 3.86. The van der Waals surface area contributed by atoms with Crippen LogP contribution in [0.15, 0.2) is 46.9 Å². The number of nitrogens with zero attached hydrogens (tertiary/aromatic N) is 1. The monoisotopic (exact) mass is 346 g/mol. The molecule has 2 N–H and O–H groups in total. The molecule has 0 spiro atoms. The molecule has 0 aromatic heterocycles. The average molecular weight is 347 g/mol. The lowest BCUT2D eigenvalue weighted by molar-refractivity contribution is 0.241. The first-order valence-corrected chi connectivity index (χ1v) is 8.02. The van der Waals surface area contributed by atoms with Crippen molar-refractivity contribution in [2.75, 3.05) is 13.6 Å². The Balaban J connectivity index is 2.20. The highest BCUT2D eigenvalue weighted by Crippen LogP contribution is 2.25. The summed E-state index contributed by atoms with van der Waals surface area (Å²) < 4.78 is 1.12. The van der Waals surface area contributed by atoms with Gasteiger partial charge < -0.3 is 5.73 Å². The van der Waals surface area contributed by atoms with Crippen molar-refractivity contribution < 1.29 is 0 Å². The molecule has 21 heavy (non-hydrogen) atoms. The number of rotatable bonds is 5. The molecule has 0 saturated heterocycles. The van der Waals surface area contributed by atoms with Gasteiger partial charge in [-0.25, -0.2) is 0 Å². The second-order valence-corrected chi connectivity index (χ2v) is 6.57. The van der Waals surface area contributed by atoms with E-state index in [2.05, 4.69) is 78.1 Å². The fourth-order valence-electron chi connectivity index (χ4n) is 2.78. The summed E-state index contributed by atoms with van der Waals surface area (Å²) in [6, 6.07) is 15.3. The van der Waals surface area contributed by atoms with Gasteiger partial charge in [0.05, 0.1) is 0 Å². The molecular weight excluding hydrogens is 324 g/mol. The number of benzene rings is 2. The molecule has 0 saturated carbocycles. The van der Waals surface area contributed by atoms with Gasteiger partial charge in [-0.1, -0.05) is 51.8 Å². The molecule has 1 atom stereocenters. The predicted molar refractivity (Wildman–Crippen MR) is 93.3 cm³/mol. The minimum absolute atomic E-state index is 0.240. The lowest BCUT2D eigenvalue weighted by Crippen LogP contribution is -2.30. The molecule has 2 nitrogen and oxygen atoms in total. The summed E-state index contributed by atoms with van der Waals surface area (Å²) in [6.45, 7) is 5.79. The first-order chi connectivity index (χ1) is 10.0. The predicted octanol–water partition coefficient (Wildman–Crippen LogP) is 4.20. The molecular formula is C18H23BrN2. The van der Waals surface area contributed by atoms with E-state index in [1.54, 1.807) is 0 Å². The van der Waals surface area contributed by atoms with Gasteiger partial charge in [0.15, 0.2) is 0 Å². The zero-order chi connectivity index (χ0) is 15.4. The normalized spacial score (nSPS) is 12.7. The Hall–Kier alpha value is -1.16. The summed E-state index contributed by atoms with van der Waals surface area (Å²) in [6.07, 6.45) is 0. The first-order valence-electron chi connectivity index (χ1n) is 7.23. The number of hydrogen-bond donors (Lipinski definition) is 1. The maximum atomic E-state index is 6.05. The number of hydrogen-bond acceptors (Lipinski definition) is 2. The van der Waals surface area contributed by atoms with Crippen molar-refractivity contribution >= 4 is 15.9 Å². The molecule has 2 rings (SSSR count). The van der Waals surface area contributed by atoms with Crippen LogP contribution in [-0.4, -0.2) is 18.5 Å². The lowest BCUT2D eigenvalue weighted by Gasteiger charge is -2.29. The Bertz CT molecular complexity index is 610. The van der Waals surface area contributed by atoms with E-state index >= 15 is 0 Å². The summed E-state index contributed by atoms with van der Waals surface area (Å²) >= 11 is 3.53. The fraction of sp³-hybridized carbons (Fsp3) is 0.333. The van der Waals surface area contributed by atoms with Crippen LogP contribution in [0.2, 0.25) is 0 Å². The molecule has 0 fully saturated rings. The van der Waals surface area contributed by atoms with E-state index in [4.69, 9.17) is 5.73 Å². The number of nitrogens with two attached hydrogens (primary N) is 1. The summed E-state index contributed by atoms with van der Waals surface area (Å²) in [5.41, 5.74) is 11.3. The standard InChI is InChI=1S/C18H23BrN2/c1-13-7-8-17(14(2)9-13)18(11-20)21(3)12-15-5-4-6-16(19)10-15/h4-10,18H,11-12,20H2,1-3H3. The highest BCUT2D eigenvalue weighted by atomic mass is 79.9. The van der Waals surface area contributed by atoms with Crippen LogP contribution in [0.25, 0.3) is 0 Å². The Labute approximate surface area is 136 Å². The largest absolute Gasteiger partial charge is 0.329 e. The van der Waals surface area contributed by atoms with Crippen molar-refractivity contribution in [1.82, 2.24) is 4.90 Å². The molecule has 0 bridgehead atoms. The topological polar surface area (TPSA) is 29.3 Å². The highest BCUT2D eigenvalue weighted by Gasteiger charge is 2.17. The van der Waals surface area contributed by atoms with Gasteiger partial charge in [-0.2, -0.15) is 0 Å². The van der Waals surface area contributed by atoms with Gasteiger partial charge in [-0.3, -0.25) is 4.90 Å². The smallest absolute Gasteiger partial charge is 0.0473 e. The second kappa shape index (κ2) is 7.21. The van der Waals surface area contributed by atoms with Crippen LogP contribution in [0.3, 0.4) is 0 Å². The average Bonchev–Trinajstić information content (AvgIpc) is 2.42. The summed E-state index contributed by atoms with van der Waals surface area (Å²) in [4.78, 5) is 2.32. The zero-order valence-electron chi connectivity index (χ0n) is 12.9. The highest BCUT2D eigenvalue weighted by molar-refractivity contribution is 9.10. The zero-order valence-corrected chi connectivity index (χ0v) is 14.5. The van der Waals surface area contributed by atoms with Crippen molar-refractivity contribution in [2.45, 2.75) is 26.4 Å². The number of aryl methyl sites for hydroxylation is 2. The Morgan fingerprint density at radius 3 is 2.52 bits per heavy atom. The van der Waals surface area contributed by atoms with Gasteiger partial charge in [0.1, 0.15) is 0 Å². The Kier molecular flexibility index (Phi) is 5.57. The van der Waals surface area contributed by atoms with E-state index < -0.39 is 0 Å². The molecule has 112 valence electrons. The van der Waals surface area contributed by atoms with E-state index in [1.165, 1.54) is 22.3 Å². The lowest BCUT2D eigenvalue weighted by atomic mass is 9.98. The maximum Gasteiger partial charge on any atom is 0.0473 e. The minimum atomic E-state index is 0.240. The summed E-state index contributed by atoms with van der Waals surface area (Å²) in [7, 11) is 2.14. The van der Waals surface area contributed by atoms with Gasteiger partial charge in [-0.15, -0.1) is 0 Å². The summed E-state index contributed by atoms with van der Waals surface area (Å²) in [5.74, 6) is 0. The number of halogens is 1. The summed E-state index contributed by atoms with van der Waals surface area (Å²) in [5, 5.41) is 0. The molecule has 0 heterocycles. The van der Waals surface area contributed by atoms with Crippen molar-refractivity contribution in [3.8, 4) is 0 Å². The molecule has 0 radical (unpaired) electrons. The SMILES string of the molecule is Cc1ccc(C(CN)N(C)Cc2cccc(Br)c2)c(C)c1. The van der Waals surface area contributed by atoms with E-state index in [9.17, 15) is 0 Å². The Morgan fingerprint density at radius 2 is 1.90 bits per heavy atom. The second-order valence-electron chi connectivity index (χ2n) is 5.66. The fourth-order valence-corrected chi connectivity index (χ4v) is 3.22. The molecule has 0 aliphatic rings. The van der Waals surface area contributed by atoms with Gasteiger partial charge in [0.25, 0.3) is 0 Å². The van der Waals surface area contributed by atoms with Crippen LogP contribution < -0.4 is 5.73 Å². The Morgan fingerprint density at radius 1 is 1.14 bits per heavy atom. The molecule has 0 aliphatic heterocycles. The van der Waals surface area contributed by atoms with Gasteiger partial charge in [-0.05, 0) is 49.7 Å². The molecule has 1 unspecified atom stereocenters. The number of likely N-dealkylation sites (N-methyl/N-ethyl adjacent to an activating group) is 1. The minimum Gasteiger partial charge on any atom is -0.329 e. The van der Waals surface area contributed by atoms with Crippen LogP contribution in [-0.2, 0) is 6.54 Å². The van der Waals surface area contributed by atoms with Crippen LogP contribution in [0, 0.1) is 13.8 Å². The van der Waals surface area contributed by atoms with E-state index in [0.717, 1.165) is 11.0 Å². The van der Waals surface area contributed by atoms with Crippen molar-refractivity contribution in [3.05, 3.63) is 69.2 Å². The first kappa shape index (κ1) is 16.2. The quantitative estimate of drug-likeness (QED) is 0.878. The third kappa shape index (κ3) is 4.16. The van der Waals surface area contributed by atoms with Crippen molar-refractivity contribution in [1.29, 1.82) is 0 Å². The van der Waals surface area contributed by atoms with Crippen LogP contribution in [0.1, 0.15) is 28.3 Å². The van der Waals surface area contributed by atoms with Crippen molar-refractivity contribution in [3.63, 3.8) is 0 Å². The van der Waals surface area contributed by atoms with Gasteiger partial charge in [0.2, 0.25) is 0 Å². The van der Waals surface area contributed by atoms with E-state index in [0.29, 0.717) is 6.54 Å². The molecule has 3 heteroatoms. The van der Waals surface area contributed by atoms with Crippen LogP contribution in [0.4, 0.5) is 0 Å². The van der Waals surface area contributed by atoms with E-state index in [-0.39, 0.29) is 6.04 Å². The van der Waals surface area contributed by atoms with Crippen LogP contribution in [0.5, 0.6) is 0 Å². The molecule has 2 aromatic carbocycles. The third-order valence-corrected chi connectivity index (χ3v) is 4.35. The maximum absolute atomic E-state index is 6.05. The van der Waals surface area contributed by atoms with Gasteiger partial charge >= 0.3 is 0 Å². The van der Waals surface area contributed by atoms with Gasteiger partial charge in [0, 0.05) is 23.6 Å².